The summed E-state index contributed by atoms with van der Waals surface area (Å²) in [6, 6.07) is -1.26. The van der Waals surface area contributed by atoms with Crippen LogP contribution < -0.4 is 5.73 Å². The number of hydrogen-bond donors (Lipinski definition) is 2. The van der Waals surface area contributed by atoms with E-state index in [4.69, 9.17) is 17.3 Å². The fraction of sp³-hybridized carbons (Fsp3) is 0.250. The van der Waals surface area contributed by atoms with Crippen LogP contribution in [0.15, 0.2) is 0 Å². The minimum absolute atomic E-state index is 1.23. The number of carboxylic acids is 1. The highest BCUT2D eigenvalue weighted by atomic mass is 16.4. The number of nitrogens with two attached hydrogens (primary N) is 1. The van der Waals surface area contributed by atoms with Gasteiger partial charge in [-0.15, -0.1) is 0 Å². The lowest BCUT2D eigenvalue weighted by molar-refractivity contribution is -0.137. The second-order valence-corrected chi connectivity index (χ2v) is 0.960. The van der Waals surface area contributed by atoms with Gasteiger partial charge in [-0.25, -0.2) is 4.79 Å². The van der Waals surface area contributed by atoms with Crippen molar-refractivity contribution >= 4 is 5.97 Å². The van der Waals surface area contributed by atoms with Crippen LogP contribution in [0.4, 0.5) is 0 Å². The summed E-state index contributed by atoms with van der Waals surface area (Å²) in [6.07, 6.45) is 6.18. The van der Waals surface area contributed by atoms with Gasteiger partial charge in [-0.05, 0) is 6.42 Å². The van der Waals surface area contributed by atoms with Crippen LogP contribution in [-0.2, 0) is 4.79 Å². The number of aliphatic carboxylic acids is 1. The first-order chi connectivity index (χ1) is 3.18. The number of carboxylic acid groups (broad SMARTS) is 1. The molecule has 3 nitrogen and oxygen atoms in total. The molecule has 0 aromatic heterocycles. The van der Waals surface area contributed by atoms with E-state index in [1.165, 1.54) is 0 Å². The molecule has 0 aliphatic heterocycles. The Morgan fingerprint density at radius 2 is 2.43 bits per heavy atom. The van der Waals surface area contributed by atoms with Crippen LogP contribution >= 0.6 is 0 Å². The molecule has 3 heteroatoms. The van der Waals surface area contributed by atoms with E-state index in [1.807, 2.05) is 0 Å². The minimum Gasteiger partial charge on any atom is -0.479 e. The van der Waals surface area contributed by atoms with Crippen molar-refractivity contribution in [1.29, 1.82) is 0 Å². The molecular formula is C4H4NO2. The van der Waals surface area contributed by atoms with Gasteiger partial charge in [0.1, 0.15) is 0 Å². The van der Waals surface area contributed by atoms with Crippen LogP contribution in [0.5, 0.6) is 0 Å². The molecule has 1 unspecified atom stereocenters. The van der Waals surface area contributed by atoms with E-state index in [1.54, 1.807) is 5.92 Å². The lowest BCUT2D eigenvalue weighted by Crippen LogP contribution is -2.27. The third-order valence-electron chi connectivity index (χ3n) is 0.422. The fourth-order valence-corrected chi connectivity index (χ4v) is 0.0617. The van der Waals surface area contributed by atoms with E-state index >= 15 is 0 Å². The van der Waals surface area contributed by atoms with E-state index in [-0.39, 0.29) is 0 Å². The topological polar surface area (TPSA) is 63.3 Å². The highest BCUT2D eigenvalue weighted by Crippen LogP contribution is 1.69. The fourth-order valence-electron chi connectivity index (χ4n) is 0.0617. The Hall–Kier alpha value is -1.01. The van der Waals surface area contributed by atoms with Gasteiger partial charge in [0.05, 0.1) is 0 Å². The third kappa shape index (κ3) is 1.79. The first-order valence-electron chi connectivity index (χ1n) is 1.59. The Morgan fingerprint density at radius 1 is 2.00 bits per heavy atom. The molecule has 0 heterocycles. The molecule has 1 radical (unpaired) electrons. The van der Waals surface area contributed by atoms with Crippen LogP contribution in [0.2, 0.25) is 0 Å². The van der Waals surface area contributed by atoms with E-state index in [2.05, 4.69) is 0 Å². The lowest BCUT2D eigenvalue weighted by atomic mass is 10.3. The Balaban J connectivity index is 3.63. The van der Waals surface area contributed by atoms with Crippen molar-refractivity contribution in [2.45, 2.75) is 6.04 Å². The van der Waals surface area contributed by atoms with E-state index in [0.29, 0.717) is 0 Å². The molecule has 0 saturated carbocycles. The Labute approximate surface area is 41.1 Å². The van der Waals surface area contributed by atoms with Gasteiger partial charge in [0, 0.05) is 0 Å². The van der Waals surface area contributed by atoms with Crippen molar-refractivity contribution in [3.05, 3.63) is 6.42 Å². The molecular weight excluding hydrogens is 94.0 g/mol. The summed E-state index contributed by atoms with van der Waals surface area (Å²) in [5.74, 6) is 0.366. The summed E-state index contributed by atoms with van der Waals surface area (Å²) in [6.45, 7) is 0. The molecule has 0 aromatic rings. The maximum absolute atomic E-state index is 9.62. The molecule has 0 aliphatic rings. The first-order valence-corrected chi connectivity index (χ1v) is 1.59. The number of rotatable bonds is 1. The van der Waals surface area contributed by atoms with Gasteiger partial charge in [-0.3, -0.25) is 0 Å². The monoisotopic (exact) mass is 98.0 g/mol. The zero-order chi connectivity index (χ0) is 5.86. The summed E-state index contributed by atoms with van der Waals surface area (Å²) in [5, 5.41) is 7.87. The van der Waals surface area contributed by atoms with Gasteiger partial charge in [0.25, 0.3) is 0 Å². The maximum Gasteiger partial charge on any atom is 0.333 e. The van der Waals surface area contributed by atoms with Crippen molar-refractivity contribution in [2.24, 2.45) is 5.73 Å². The smallest absolute Gasteiger partial charge is 0.333 e. The van der Waals surface area contributed by atoms with Gasteiger partial charge in [-0.2, -0.15) is 0 Å². The number of carbonyl (C=O) groups is 1. The molecule has 0 spiro atoms. The van der Waals surface area contributed by atoms with Crippen LogP contribution in [0.3, 0.4) is 0 Å². The third-order valence-corrected chi connectivity index (χ3v) is 0.422. The van der Waals surface area contributed by atoms with Crippen LogP contribution in [0.1, 0.15) is 0 Å². The molecule has 0 saturated heterocycles. The molecule has 1 atom stereocenters. The highest BCUT2D eigenvalue weighted by molar-refractivity contribution is 5.76. The van der Waals surface area contributed by atoms with Gasteiger partial charge in [-0.1, -0.05) is 5.92 Å². The summed E-state index contributed by atoms with van der Waals surface area (Å²) in [4.78, 5) is 9.62. The van der Waals surface area contributed by atoms with Crippen LogP contribution in [-0.4, -0.2) is 17.1 Å². The highest BCUT2D eigenvalue weighted by Gasteiger charge is 2.04. The summed E-state index contributed by atoms with van der Waals surface area (Å²) in [5.41, 5.74) is 4.72. The second-order valence-electron chi connectivity index (χ2n) is 0.960. The molecule has 7 heavy (non-hydrogen) atoms. The normalized spacial score (nSPS) is 12.0. The molecule has 0 rings (SSSR count). The average Bonchev–Trinajstić information content (AvgIpc) is 1.65. The molecule has 0 aromatic carbocycles. The minimum atomic E-state index is -1.26. The molecule has 0 fully saturated rings. The number of hydrogen-bond acceptors (Lipinski definition) is 2. The van der Waals surface area contributed by atoms with E-state index in [9.17, 15) is 4.79 Å². The molecule has 0 bridgehead atoms. The Kier molecular flexibility index (Phi) is 1.89. The van der Waals surface area contributed by atoms with Crippen LogP contribution in [0, 0.1) is 12.3 Å². The van der Waals surface area contributed by atoms with Crippen molar-refractivity contribution < 1.29 is 9.90 Å². The Morgan fingerprint density at radius 3 is 2.43 bits per heavy atom. The van der Waals surface area contributed by atoms with Crippen molar-refractivity contribution in [3.8, 4) is 5.92 Å². The molecule has 0 amide bonds. The zero-order valence-electron chi connectivity index (χ0n) is 3.51. The SMILES string of the molecule is [C]#CC(N)C(=O)O. The second kappa shape index (κ2) is 2.21. The summed E-state index contributed by atoms with van der Waals surface area (Å²) < 4.78 is 0. The first kappa shape index (κ1) is 5.99. The molecule has 37 valence electrons. The van der Waals surface area contributed by atoms with Gasteiger partial charge in [0.2, 0.25) is 0 Å². The van der Waals surface area contributed by atoms with Crippen LogP contribution in [0.25, 0.3) is 0 Å². The van der Waals surface area contributed by atoms with E-state index < -0.39 is 12.0 Å². The standard InChI is InChI=1S/C4H4NO2/c1-2-3(5)4(6)7/h3H,5H2,(H,6,7). The predicted molar refractivity (Wildman–Crippen MR) is 22.7 cm³/mol. The van der Waals surface area contributed by atoms with Gasteiger partial charge >= 0.3 is 5.97 Å². The predicted octanol–water partition coefficient (Wildman–Crippen LogP) is -1.01. The lowest BCUT2D eigenvalue weighted by Gasteiger charge is -1.89. The zero-order valence-corrected chi connectivity index (χ0v) is 3.51. The van der Waals surface area contributed by atoms with Crippen molar-refractivity contribution in [2.75, 3.05) is 0 Å². The average molecular weight is 98.1 g/mol. The van der Waals surface area contributed by atoms with E-state index in [0.717, 1.165) is 0 Å². The van der Waals surface area contributed by atoms with Gasteiger partial charge < -0.3 is 10.8 Å². The maximum atomic E-state index is 9.62. The summed E-state index contributed by atoms with van der Waals surface area (Å²) in [7, 11) is 0. The Bertz CT molecular complexity index is 113. The van der Waals surface area contributed by atoms with Crippen molar-refractivity contribution in [1.82, 2.24) is 0 Å². The van der Waals surface area contributed by atoms with Gasteiger partial charge in [0.15, 0.2) is 6.04 Å². The quantitative estimate of drug-likeness (QED) is 0.413. The molecule has 0 aliphatic carbocycles. The molecule has 3 N–H and O–H groups in total. The summed E-state index contributed by atoms with van der Waals surface area (Å²) >= 11 is 0. The van der Waals surface area contributed by atoms with Crippen molar-refractivity contribution in [3.63, 3.8) is 0 Å². The largest absolute Gasteiger partial charge is 0.479 e.